The Balaban J connectivity index is 1.77. The number of thioether (sulfide) groups is 1. The molecular formula is C21H16N4O5S2. The van der Waals surface area contributed by atoms with Gasteiger partial charge in [0.1, 0.15) is 5.69 Å². The van der Waals surface area contributed by atoms with Crippen LogP contribution in [0.3, 0.4) is 0 Å². The molecule has 0 saturated carbocycles. The van der Waals surface area contributed by atoms with Gasteiger partial charge in [0.2, 0.25) is 0 Å². The molecule has 11 heteroatoms. The molecular weight excluding hydrogens is 452 g/mol. The van der Waals surface area contributed by atoms with Gasteiger partial charge in [0.15, 0.2) is 10.1 Å². The molecule has 0 radical (unpaired) electrons. The van der Waals surface area contributed by atoms with Crippen LogP contribution in [0.25, 0.3) is 11.8 Å². The molecule has 1 aliphatic heterocycles. The second kappa shape index (κ2) is 8.09. The fraction of sp³-hybridized carbons (Fsp3) is 0.0952. The van der Waals surface area contributed by atoms with Crippen LogP contribution in [0.4, 0.5) is 11.4 Å². The third kappa shape index (κ3) is 3.51. The first-order valence-electron chi connectivity index (χ1n) is 9.30. The molecule has 0 atom stereocenters. The first-order chi connectivity index (χ1) is 15.2. The highest BCUT2D eigenvalue weighted by Gasteiger charge is 2.37. The van der Waals surface area contributed by atoms with E-state index in [4.69, 9.17) is 12.2 Å². The lowest BCUT2D eigenvalue weighted by atomic mass is 10.1. The van der Waals surface area contributed by atoms with Gasteiger partial charge in [0, 0.05) is 13.1 Å². The number of carbonyl (C=O) groups excluding carboxylic acids is 1. The largest absolute Gasteiger partial charge is 0.502 e. The molecule has 0 unspecified atom stereocenters. The van der Waals surface area contributed by atoms with E-state index in [1.807, 2.05) is 18.2 Å². The zero-order valence-electron chi connectivity index (χ0n) is 16.9. The van der Waals surface area contributed by atoms with Crippen molar-refractivity contribution in [3.63, 3.8) is 0 Å². The number of thiocarbonyl (C=S) groups is 1. The number of hydrogen-bond acceptors (Lipinski definition) is 7. The first-order valence-corrected chi connectivity index (χ1v) is 10.5. The zero-order valence-corrected chi connectivity index (χ0v) is 18.5. The number of anilines is 1. The maximum atomic E-state index is 13.3. The summed E-state index contributed by atoms with van der Waals surface area (Å²) >= 11 is 6.39. The van der Waals surface area contributed by atoms with Crippen LogP contribution in [0.2, 0.25) is 0 Å². The second-order valence-corrected chi connectivity index (χ2v) is 8.61. The van der Waals surface area contributed by atoms with E-state index in [1.165, 1.54) is 27.8 Å². The van der Waals surface area contributed by atoms with Crippen molar-refractivity contribution >= 4 is 51.7 Å². The predicted molar refractivity (Wildman–Crippen MR) is 126 cm³/mol. The third-order valence-corrected chi connectivity index (χ3v) is 6.34. The summed E-state index contributed by atoms with van der Waals surface area (Å²) in [5.74, 6) is -0.970. The molecule has 162 valence electrons. The Morgan fingerprint density at radius 3 is 2.50 bits per heavy atom. The number of hydrogen-bond donors (Lipinski definition) is 1. The highest BCUT2D eigenvalue weighted by atomic mass is 32.2. The highest BCUT2D eigenvalue weighted by Crippen LogP contribution is 2.37. The van der Waals surface area contributed by atoms with E-state index in [1.54, 1.807) is 30.8 Å². The topological polar surface area (TPSA) is 111 Å². The SMILES string of the molecule is Cc1c(N2C(=O)C(=Cc3ccc(O)c([N+](=O)[O-])c3)SC2=S)c(=O)n(-c2ccccc2)n1C. The summed E-state index contributed by atoms with van der Waals surface area (Å²) in [7, 11) is 1.72. The Labute approximate surface area is 191 Å². The molecule has 2 heterocycles. The van der Waals surface area contributed by atoms with Crippen molar-refractivity contribution in [1.82, 2.24) is 9.36 Å². The van der Waals surface area contributed by atoms with Gasteiger partial charge in [-0.1, -0.05) is 48.2 Å². The lowest BCUT2D eigenvalue weighted by Crippen LogP contribution is -2.33. The Morgan fingerprint density at radius 2 is 1.84 bits per heavy atom. The predicted octanol–water partition coefficient (Wildman–Crippen LogP) is 3.50. The number of aromatic hydroxyl groups is 1. The van der Waals surface area contributed by atoms with Crippen molar-refractivity contribution in [3.05, 3.63) is 85.2 Å². The van der Waals surface area contributed by atoms with Gasteiger partial charge in [-0.25, -0.2) is 4.68 Å². The monoisotopic (exact) mass is 468 g/mol. The average Bonchev–Trinajstić information content (AvgIpc) is 3.15. The molecule has 9 nitrogen and oxygen atoms in total. The summed E-state index contributed by atoms with van der Waals surface area (Å²) in [4.78, 5) is 38.2. The van der Waals surface area contributed by atoms with Gasteiger partial charge in [0.25, 0.3) is 11.5 Å². The smallest absolute Gasteiger partial charge is 0.311 e. The van der Waals surface area contributed by atoms with Crippen LogP contribution < -0.4 is 10.5 Å². The Bertz CT molecular complexity index is 1370. The molecule has 2 aromatic carbocycles. The zero-order chi connectivity index (χ0) is 23.2. The van der Waals surface area contributed by atoms with E-state index in [0.29, 0.717) is 16.9 Å². The summed E-state index contributed by atoms with van der Waals surface area (Å²) < 4.78 is 3.29. The van der Waals surface area contributed by atoms with Gasteiger partial charge in [-0.05, 0) is 36.8 Å². The summed E-state index contributed by atoms with van der Waals surface area (Å²) in [5.41, 5.74) is 0.830. The molecule has 1 aliphatic rings. The van der Waals surface area contributed by atoms with Crippen LogP contribution in [-0.2, 0) is 11.8 Å². The molecule has 0 bridgehead atoms. The molecule has 1 aromatic heterocycles. The number of para-hydroxylation sites is 1. The van der Waals surface area contributed by atoms with E-state index in [9.17, 15) is 24.8 Å². The molecule has 32 heavy (non-hydrogen) atoms. The van der Waals surface area contributed by atoms with Crippen molar-refractivity contribution in [2.75, 3.05) is 4.90 Å². The molecule has 1 amide bonds. The van der Waals surface area contributed by atoms with Gasteiger partial charge in [0.05, 0.1) is 21.2 Å². The van der Waals surface area contributed by atoms with Crippen molar-refractivity contribution in [2.24, 2.45) is 7.05 Å². The molecule has 1 fully saturated rings. The van der Waals surface area contributed by atoms with Crippen LogP contribution in [0.15, 0.2) is 58.2 Å². The first kappa shape index (κ1) is 21.5. The number of phenolic OH excluding ortho intramolecular Hbond substituents is 1. The van der Waals surface area contributed by atoms with Crippen molar-refractivity contribution < 1.29 is 14.8 Å². The van der Waals surface area contributed by atoms with Gasteiger partial charge in [-0.15, -0.1) is 0 Å². The molecule has 1 saturated heterocycles. The fourth-order valence-corrected chi connectivity index (χ4v) is 4.67. The van der Waals surface area contributed by atoms with Crippen LogP contribution in [0, 0.1) is 17.0 Å². The number of carbonyl (C=O) groups is 1. The van der Waals surface area contributed by atoms with Gasteiger partial charge < -0.3 is 5.11 Å². The summed E-state index contributed by atoms with van der Waals surface area (Å²) in [6.45, 7) is 1.72. The molecule has 0 spiro atoms. The van der Waals surface area contributed by atoms with Crippen LogP contribution in [0.5, 0.6) is 5.75 Å². The van der Waals surface area contributed by atoms with Gasteiger partial charge >= 0.3 is 5.69 Å². The molecule has 0 aliphatic carbocycles. The van der Waals surface area contributed by atoms with Crippen molar-refractivity contribution in [3.8, 4) is 11.4 Å². The summed E-state index contributed by atoms with van der Waals surface area (Å²) in [6, 6.07) is 12.8. The molecule has 4 rings (SSSR count). The number of aromatic nitrogens is 2. The maximum Gasteiger partial charge on any atom is 0.311 e. The van der Waals surface area contributed by atoms with Gasteiger partial charge in [-0.3, -0.25) is 29.3 Å². The standard InChI is InChI=1S/C21H16N4O5S2/c1-12-18(20(28)24(22(12)2)14-6-4-3-5-7-14)23-19(27)17(32-21(23)31)11-13-8-9-16(26)15(10-13)25(29)30/h3-11,26H,1-2H3. The van der Waals surface area contributed by atoms with Crippen molar-refractivity contribution in [1.29, 1.82) is 0 Å². The Hall–Kier alpha value is -3.70. The number of rotatable bonds is 4. The van der Waals surface area contributed by atoms with E-state index in [0.717, 1.165) is 17.8 Å². The minimum Gasteiger partial charge on any atom is -0.502 e. The number of amides is 1. The van der Waals surface area contributed by atoms with Crippen molar-refractivity contribution in [2.45, 2.75) is 6.92 Å². The fourth-order valence-electron chi connectivity index (χ4n) is 3.40. The highest BCUT2D eigenvalue weighted by molar-refractivity contribution is 8.27. The average molecular weight is 469 g/mol. The molecule has 3 aromatic rings. The lowest BCUT2D eigenvalue weighted by molar-refractivity contribution is -0.385. The normalized spacial score (nSPS) is 15.1. The van der Waals surface area contributed by atoms with E-state index >= 15 is 0 Å². The number of nitro benzene ring substituents is 1. The van der Waals surface area contributed by atoms with Crippen LogP contribution in [0.1, 0.15) is 11.3 Å². The number of phenols is 1. The Kier molecular flexibility index (Phi) is 5.45. The third-order valence-electron chi connectivity index (χ3n) is 5.04. The maximum absolute atomic E-state index is 13.3. The quantitative estimate of drug-likeness (QED) is 0.270. The molecule has 1 N–H and O–H groups in total. The Morgan fingerprint density at radius 1 is 1.16 bits per heavy atom. The summed E-state index contributed by atoms with van der Waals surface area (Å²) in [6.07, 6.45) is 1.44. The number of benzene rings is 2. The van der Waals surface area contributed by atoms with E-state index in [-0.39, 0.29) is 14.9 Å². The number of nitrogens with zero attached hydrogens (tertiary/aromatic N) is 4. The van der Waals surface area contributed by atoms with Gasteiger partial charge in [-0.2, -0.15) is 0 Å². The second-order valence-electron chi connectivity index (χ2n) is 6.93. The number of nitro groups is 1. The van der Waals surface area contributed by atoms with E-state index in [2.05, 4.69) is 0 Å². The summed E-state index contributed by atoms with van der Waals surface area (Å²) in [5, 5.41) is 20.7. The van der Waals surface area contributed by atoms with E-state index < -0.39 is 27.8 Å². The van der Waals surface area contributed by atoms with Crippen LogP contribution >= 0.6 is 24.0 Å². The minimum atomic E-state index is -0.711. The lowest BCUT2D eigenvalue weighted by Gasteiger charge is -2.12. The minimum absolute atomic E-state index is 0.152. The van der Waals surface area contributed by atoms with Crippen LogP contribution in [-0.4, -0.2) is 29.6 Å².